The SMILES string of the molecule is O=C1C=CC(=O)C(c2c(S(=O)(=O)O)ccc3c2C(=O)c2ccc(S(=O)(=O)O)cc2C3=O)=C1. The molecule has 0 saturated heterocycles. The molecular formula is C20H10O10S2. The molecule has 2 N–H and O–H groups in total. The quantitative estimate of drug-likeness (QED) is 0.412. The predicted octanol–water partition coefficient (Wildman–Crippen LogP) is 1.05. The van der Waals surface area contributed by atoms with E-state index in [-0.39, 0.29) is 16.7 Å². The molecule has 0 radical (unpaired) electrons. The highest BCUT2D eigenvalue weighted by Crippen LogP contribution is 2.38. The van der Waals surface area contributed by atoms with Crippen LogP contribution in [0, 0.1) is 0 Å². The van der Waals surface area contributed by atoms with E-state index in [1.807, 2.05) is 0 Å². The summed E-state index contributed by atoms with van der Waals surface area (Å²) in [5, 5.41) is 0. The predicted molar refractivity (Wildman–Crippen MR) is 107 cm³/mol. The van der Waals surface area contributed by atoms with E-state index in [4.69, 9.17) is 0 Å². The van der Waals surface area contributed by atoms with Crippen molar-refractivity contribution in [1.82, 2.24) is 0 Å². The van der Waals surface area contributed by atoms with Crippen LogP contribution in [0.5, 0.6) is 0 Å². The highest BCUT2D eigenvalue weighted by atomic mass is 32.2. The molecule has 0 bridgehead atoms. The van der Waals surface area contributed by atoms with Gasteiger partial charge in [0.15, 0.2) is 23.1 Å². The van der Waals surface area contributed by atoms with Crippen LogP contribution in [-0.4, -0.2) is 49.1 Å². The van der Waals surface area contributed by atoms with Crippen molar-refractivity contribution in [2.45, 2.75) is 9.79 Å². The number of fused-ring (bicyclic) bond motifs is 2. The summed E-state index contributed by atoms with van der Waals surface area (Å²) in [6, 6.07) is 4.34. The van der Waals surface area contributed by atoms with Crippen molar-refractivity contribution in [3.8, 4) is 0 Å². The average Bonchev–Trinajstić information content (AvgIpc) is 2.71. The number of hydrogen-bond donors (Lipinski definition) is 2. The Morgan fingerprint density at radius 3 is 1.94 bits per heavy atom. The summed E-state index contributed by atoms with van der Waals surface area (Å²) >= 11 is 0. The van der Waals surface area contributed by atoms with Crippen molar-refractivity contribution in [3.63, 3.8) is 0 Å². The van der Waals surface area contributed by atoms with Crippen LogP contribution in [0.1, 0.15) is 37.4 Å². The lowest BCUT2D eigenvalue weighted by Gasteiger charge is -2.23. The van der Waals surface area contributed by atoms with E-state index >= 15 is 0 Å². The molecule has 4 rings (SSSR count). The molecule has 2 aliphatic carbocycles. The molecular weight excluding hydrogens is 464 g/mol. The lowest BCUT2D eigenvalue weighted by Crippen LogP contribution is -2.25. The Morgan fingerprint density at radius 2 is 1.31 bits per heavy atom. The number of benzene rings is 2. The van der Waals surface area contributed by atoms with Gasteiger partial charge in [-0.15, -0.1) is 0 Å². The number of allylic oxidation sites excluding steroid dienone is 4. The third-order valence-electron chi connectivity index (χ3n) is 4.92. The third kappa shape index (κ3) is 3.35. The second-order valence-corrected chi connectivity index (χ2v) is 9.65. The molecule has 0 atom stereocenters. The minimum Gasteiger partial charge on any atom is -0.290 e. The Hall–Kier alpha value is -3.58. The lowest BCUT2D eigenvalue weighted by atomic mass is 9.79. The summed E-state index contributed by atoms with van der Waals surface area (Å²) < 4.78 is 65.7. The summed E-state index contributed by atoms with van der Waals surface area (Å²) in [5.74, 6) is -3.37. The first kappa shape index (κ1) is 21.6. The van der Waals surface area contributed by atoms with Crippen LogP contribution in [0.3, 0.4) is 0 Å². The molecule has 12 heteroatoms. The Bertz CT molecular complexity index is 1570. The molecule has 162 valence electrons. The zero-order chi connectivity index (χ0) is 23.6. The normalized spacial score (nSPS) is 16.0. The van der Waals surface area contributed by atoms with Crippen LogP contribution >= 0.6 is 0 Å². The molecule has 0 aromatic heterocycles. The second kappa shape index (κ2) is 6.97. The van der Waals surface area contributed by atoms with Crippen LogP contribution in [0.2, 0.25) is 0 Å². The maximum absolute atomic E-state index is 13.3. The van der Waals surface area contributed by atoms with E-state index in [9.17, 15) is 45.1 Å². The van der Waals surface area contributed by atoms with E-state index in [0.717, 1.165) is 48.6 Å². The van der Waals surface area contributed by atoms with Crippen LogP contribution in [-0.2, 0) is 29.8 Å². The number of carbonyl (C=O) groups is 4. The molecule has 2 aliphatic rings. The summed E-state index contributed by atoms with van der Waals surface area (Å²) in [4.78, 5) is 49.1. The second-order valence-electron chi connectivity index (χ2n) is 6.83. The molecule has 10 nitrogen and oxygen atoms in total. The van der Waals surface area contributed by atoms with Crippen LogP contribution < -0.4 is 0 Å². The maximum Gasteiger partial charge on any atom is 0.295 e. The Balaban J connectivity index is 2.09. The fraction of sp³-hybridized carbons (Fsp3) is 0. The molecule has 32 heavy (non-hydrogen) atoms. The fourth-order valence-corrected chi connectivity index (χ4v) is 4.76. The van der Waals surface area contributed by atoms with Gasteiger partial charge in [-0.2, -0.15) is 16.8 Å². The van der Waals surface area contributed by atoms with Gasteiger partial charge in [-0.1, -0.05) is 0 Å². The van der Waals surface area contributed by atoms with Crippen LogP contribution in [0.15, 0.2) is 58.4 Å². The van der Waals surface area contributed by atoms with E-state index in [2.05, 4.69) is 0 Å². The number of carbonyl (C=O) groups excluding carboxylic acids is 4. The van der Waals surface area contributed by atoms with Gasteiger partial charge >= 0.3 is 0 Å². The van der Waals surface area contributed by atoms with Gasteiger partial charge in [0.2, 0.25) is 0 Å². The molecule has 2 aromatic carbocycles. The van der Waals surface area contributed by atoms with Gasteiger partial charge in [0.25, 0.3) is 20.2 Å². The Morgan fingerprint density at radius 1 is 0.656 bits per heavy atom. The monoisotopic (exact) mass is 474 g/mol. The van der Waals surface area contributed by atoms with Crippen molar-refractivity contribution in [2.75, 3.05) is 0 Å². The van der Waals surface area contributed by atoms with Crippen molar-refractivity contribution in [3.05, 3.63) is 76.4 Å². The van der Waals surface area contributed by atoms with Gasteiger partial charge in [-0.05, 0) is 48.6 Å². The van der Waals surface area contributed by atoms with Crippen molar-refractivity contribution >= 4 is 48.9 Å². The minimum absolute atomic E-state index is 0.325. The van der Waals surface area contributed by atoms with Crippen LogP contribution in [0.4, 0.5) is 0 Å². The maximum atomic E-state index is 13.3. The highest BCUT2D eigenvalue weighted by Gasteiger charge is 2.37. The van der Waals surface area contributed by atoms with Crippen molar-refractivity contribution in [1.29, 1.82) is 0 Å². The van der Waals surface area contributed by atoms with Crippen molar-refractivity contribution < 1.29 is 45.1 Å². The smallest absolute Gasteiger partial charge is 0.290 e. The van der Waals surface area contributed by atoms with E-state index in [1.165, 1.54) is 0 Å². The molecule has 0 spiro atoms. The fourth-order valence-electron chi connectivity index (χ4n) is 3.54. The molecule has 0 heterocycles. The van der Waals surface area contributed by atoms with Crippen molar-refractivity contribution in [2.24, 2.45) is 0 Å². The number of hydrogen-bond acceptors (Lipinski definition) is 8. The van der Waals surface area contributed by atoms with E-state index in [0.29, 0.717) is 0 Å². The Kier molecular flexibility index (Phi) is 4.71. The molecule has 0 fully saturated rings. The standard InChI is InChI=1S/C20H10O10S2/c21-9-1-5-15(22)14(7-9)17-16(32(28,29)30)6-4-12-18(17)20(24)11-3-2-10(31(25,26)27)8-13(11)19(12)23/h1-8H,(H,25,26,27)(H,28,29,30). The lowest BCUT2D eigenvalue weighted by molar-refractivity contribution is -0.113. The average molecular weight is 474 g/mol. The molecule has 0 amide bonds. The third-order valence-corrected chi connectivity index (χ3v) is 6.66. The Labute approximate surface area is 180 Å². The molecule has 0 unspecified atom stereocenters. The zero-order valence-electron chi connectivity index (χ0n) is 15.6. The molecule has 0 aliphatic heterocycles. The first-order chi connectivity index (χ1) is 14.8. The van der Waals surface area contributed by atoms with Gasteiger partial charge < -0.3 is 0 Å². The molecule has 2 aromatic rings. The van der Waals surface area contributed by atoms with Gasteiger partial charge in [0.05, 0.1) is 4.90 Å². The summed E-state index contributed by atoms with van der Waals surface area (Å²) in [7, 11) is -9.70. The largest absolute Gasteiger partial charge is 0.295 e. The zero-order valence-corrected chi connectivity index (χ0v) is 17.2. The molecule has 0 saturated carbocycles. The summed E-state index contributed by atoms with van der Waals surface area (Å²) in [5.41, 5.74) is -2.75. The number of rotatable bonds is 3. The first-order valence-electron chi connectivity index (χ1n) is 8.64. The minimum atomic E-state index is -5.01. The number of ketones is 4. The highest BCUT2D eigenvalue weighted by molar-refractivity contribution is 7.86. The van der Waals surface area contributed by atoms with Gasteiger partial charge in [-0.3, -0.25) is 28.3 Å². The van der Waals surface area contributed by atoms with Gasteiger partial charge in [0.1, 0.15) is 4.90 Å². The summed E-state index contributed by atoms with van der Waals surface area (Å²) in [6.07, 6.45) is 2.56. The topological polar surface area (TPSA) is 177 Å². The van der Waals surface area contributed by atoms with Gasteiger partial charge in [0, 0.05) is 33.4 Å². The first-order valence-corrected chi connectivity index (χ1v) is 11.5. The summed E-state index contributed by atoms with van der Waals surface area (Å²) in [6.45, 7) is 0. The van der Waals surface area contributed by atoms with Gasteiger partial charge in [-0.25, -0.2) is 0 Å². The van der Waals surface area contributed by atoms with Crippen LogP contribution in [0.25, 0.3) is 5.57 Å². The van der Waals surface area contributed by atoms with E-state index in [1.54, 1.807) is 0 Å². The van der Waals surface area contributed by atoms with E-state index < -0.39 is 69.9 Å².